The Hall–Kier alpha value is -1.62. The quantitative estimate of drug-likeness (QED) is 0.649. The lowest BCUT2D eigenvalue weighted by Crippen LogP contribution is -2.13. The highest BCUT2D eigenvalue weighted by Crippen LogP contribution is 2.32. The average Bonchev–Trinajstić information content (AvgIpc) is 2.24. The van der Waals surface area contributed by atoms with Crippen molar-refractivity contribution >= 4 is 23.3 Å². The second-order valence-corrected chi connectivity index (χ2v) is 4.08. The smallest absolute Gasteiger partial charge is 0.311 e. The SMILES string of the molecule is CCCC(C(=O)O)c1cc(Cl)ccc1[N+](=O)[O-]. The predicted octanol–water partition coefficient (Wildman–Crippen LogP) is 3.22. The number of hydrogen-bond acceptors (Lipinski definition) is 3. The number of nitrogens with zero attached hydrogens (tertiary/aromatic N) is 1. The van der Waals surface area contributed by atoms with Crippen LogP contribution in [0.15, 0.2) is 18.2 Å². The molecule has 1 N–H and O–H groups in total. The summed E-state index contributed by atoms with van der Waals surface area (Å²) in [6.07, 6.45) is 0.969. The van der Waals surface area contributed by atoms with Crippen molar-refractivity contribution < 1.29 is 14.8 Å². The Labute approximate surface area is 103 Å². The van der Waals surface area contributed by atoms with Crippen molar-refractivity contribution in [2.24, 2.45) is 0 Å². The van der Waals surface area contributed by atoms with Gasteiger partial charge < -0.3 is 5.11 Å². The molecule has 0 saturated heterocycles. The summed E-state index contributed by atoms with van der Waals surface area (Å²) in [6, 6.07) is 3.98. The van der Waals surface area contributed by atoms with E-state index in [9.17, 15) is 14.9 Å². The second kappa shape index (κ2) is 5.63. The summed E-state index contributed by atoms with van der Waals surface area (Å²) < 4.78 is 0. The maximum Gasteiger partial charge on any atom is 0.311 e. The van der Waals surface area contributed by atoms with Crippen LogP contribution < -0.4 is 0 Å². The fourth-order valence-corrected chi connectivity index (χ4v) is 1.85. The second-order valence-electron chi connectivity index (χ2n) is 3.64. The molecular formula is C11H12ClNO4. The van der Waals surface area contributed by atoms with E-state index in [2.05, 4.69) is 0 Å². The van der Waals surface area contributed by atoms with E-state index < -0.39 is 16.8 Å². The minimum Gasteiger partial charge on any atom is -0.481 e. The summed E-state index contributed by atoms with van der Waals surface area (Å²) in [4.78, 5) is 21.4. The molecule has 0 spiro atoms. The van der Waals surface area contributed by atoms with Gasteiger partial charge in [-0.2, -0.15) is 0 Å². The summed E-state index contributed by atoms with van der Waals surface area (Å²) in [5, 5.41) is 20.2. The van der Waals surface area contributed by atoms with Gasteiger partial charge in [0.15, 0.2) is 0 Å². The Bertz CT molecular complexity index is 447. The van der Waals surface area contributed by atoms with E-state index >= 15 is 0 Å². The average molecular weight is 258 g/mol. The maximum atomic E-state index is 11.1. The topological polar surface area (TPSA) is 80.4 Å². The molecule has 92 valence electrons. The molecule has 0 amide bonds. The molecule has 1 atom stereocenters. The number of nitro benzene ring substituents is 1. The molecule has 0 heterocycles. The van der Waals surface area contributed by atoms with Gasteiger partial charge in [-0.05, 0) is 18.6 Å². The van der Waals surface area contributed by atoms with Crippen molar-refractivity contribution in [2.75, 3.05) is 0 Å². The van der Waals surface area contributed by atoms with Crippen LogP contribution in [0.3, 0.4) is 0 Å². The number of carboxylic acid groups (broad SMARTS) is 1. The van der Waals surface area contributed by atoms with E-state index in [4.69, 9.17) is 16.7 Å². The van der Waals surface area contributed by atoms with Crippen molar-refractivity contribution in [3.63, 3.8) is 0 Å². The van der Waals surface area contributed by atoms with Gasteiger partial charge in [0.2, 0.25) is 0 Å². The normalized spacial score (nSPS) is 12.1. The molecule has 0 aliphatic carbocycles. The van der Waals surface area contributed by atoms with Crippen LogP contribution >= 0.6 is 11.6 Å². The third kappa shape index (κ3) is 3.17. The number of carboxylic acids is 1. The monoisotopic (exact) mass is 257 g/mol. The van der Waals surface area contributed by atoms with Gasteiger partial charge in [0.1, 0.15) is 0 Å². The number of halogens is 1. The summed E-state index contributed by atoms with van der Waals surface area (Å²) in [5.74, 6) is -1.96. The zero-order valence-corrected chi connectivity index (χ0v) is 9.98. The fourth-order valence-electron chi connectivity index (χ4n) is 1.67. The van der Waals surface area contributed by atoms with Crippen LogP contribution in [0.1, 0.15) is 31.2 Å². The van der Waals surface area contributed by atoms with E-state index in [1.807, 2.05) is 6.92 Å². The standard InChI is InChI=1S/C11H12ClNO4/c1-2-3-8(11(14)15)9-6-7(12)4-5-10(9)13(16)17/h4-6,8H,2-3H2,1H3,(H,14,15). The molecule has 6 heteroatoms. The first-order chi connectivity index (χ1) is 7.97. The highest BCUT2D eigenvalue weighted by Gasteiger charge is 2.27. The molecule has 1 aromatic rings. The Balaban J connectivity index is 3.29. The fraction of sp³-hybridized carbons (Fsp3) is 0.364. The first-order valence-electron chi connectivity index (χ1n) is 5.14. The number of nitro groups is 1. The molecular weight excluding hydrogens is 246 g/mol. The van der Waals surface area contributed by atoms with Crippen LogP contribution in [0.25, 0.3) is 0 Å². The molecule has 0 aliphatic heterocycles. The van der Waals surface area contributed by atoms with E-state index in [1.165, 1.54) is 18.2 Å². The van der Waals surface area contributed by atoms with E-state index in [0.717, 1.165) is 0 Å². The molecule has 1 unspecified atom stereocenters. The molecule has 5 nitrogen and oxygen atoms in total. The lowest BCUT2D eigenvalue weighted by molar-refractivity contribution is -0.385. The van der Waals surface area contributed by atoms with Gasteiger partial charge in [-0.15, -0.1) is 0 Å². The van der Waals surface area contributed by atoms with Crippen LogP contribution in [0.5, 0.6) is 0 Å². The zero-order chi connectivity index (χ0) is 13.0. The van der Waals surface area contributed by atoms with Gasteiger partial charge >= 0.3 is 5.97 Å². The Morgan fingerprint density at radius 1 is 1.59 bits per heavy atom. The van der Waals surface area contributed by atoms with Gasteiger partial charge in [-0.1, -0.05) is 24.9 Å². The van der Waals surface area contributed by atoms with E-state index in [0.29, 0.717) is 17.9 Å². The lowest BCUT2D eigenvalue weighted by Gasteiger charge is -2.12. The summed E-state index contributed by atoms with van der Waals surface area (Å²) in [7, 11) is 0. The largest absolute Gasteiger partial charge is 0.481 e. The lowest BCUT2D eigenvalue weighted by atomic mass is 9.93. The van der Waals surface area contributed by atoms with Crippen molar-refractivity contribution in [3.05, 3.63) is 38.9 Å². The van der Waals surface area contributed by atoms with Crippen LogP contribution in [0.2, 0.25) is 5.02 Å². The van der Waals surface area contributed by atoms with Crippen molar-refractivity contribution in [2.45, 2.75) is 25.7 Å². The maximum absolute atomic E-state index is 11.1. The van der Waals surface area contributed by atoms with Gasteiger partial charge in [0.05, 0.1) is 10.8 Å². The van der Waals surface area contributed by atoms with Crippen LogP contribution in [-0.4, -0.2) is 16.0 Å². The summed E-state index contributed by atoms with van der Waals surface area (Å²) >= 11 is 5.75. The molecule has 1 aromatic carbocycles. The number of hydrogen-bond donors (Lipinski definition) is 1. The number of rotatable bonds is 5. The van der Waals surface area contributed by atoms with Crippen LogP contribution in [0.4, 0.5) is 5.69 Å². The molecule has 17 heavy (non-hydrogen) atoms. The molecule has 0 radical (unpaired) electrons. The molecule has 0 bridgehead atoms. The first-order valence-corrected chi connectivity index (χ1v) is 5.51. The number of benzene rings is 1. The van der Waals surface area contributed by atoms with Gasteiger partial charge in [-0.25, -0.2) is 0 Å². The van der Waals surface area contributed by atoms with Gasteiger partial charge in [-0.3, -0.25) is 14.9 Å². The molecule has 0 saturated carbocycles. The molecule has 1 rings (SSSR count). The highest BCUT2D eigenvalue weighted by atomic mass is 35.5. The number of carbonyl (C=O) groups is 1. The summed E-state index contributed by atoms with van der Waals surface area (Å²) in [5.41, 5.74) is -0.0351. The van der Waals surface area contributed by atoms with Gasteiger partial charge in [0.25, 0.3) is 5.69 Å². The Morgan fingerprint density at radius 2 is 2.24 bits per heavy atom. The van der Waals surface area contributed by atoms with E-state index in [-0.39, 0.29) is 11.3 Å². The molecule has 0 aromatic heterocycles. The highest BCUT2D eigenvalue weighted by molar-refractivity contribution is 6.30. The van der Waals surface area contributed by atoms with Crippen molar-refractivity contribution in [1.82, 2.24) is 0 Å². The first kappa shape index (κ1) is 13.4. The third-order valence-electron chi connectivity index (χ3n) is 2.44. The van der Waals surface area contributed by atoms with Crippen molar-refractivity contribution in [3.8, 4) is 0 Å². The Morgan fingerprint density at radius 3 is 2.71 bits per heavy atom. The van der Waals surface area contributed by atoms with Crippen LogP contribution in [-0.2, 0) is 4.79 Å². The minimum absolute atomic E-state index is 0.164. The third-order valence-corrected chi connectivity index (χ3v) is 2.67. The van der Waals surface area contributed by atoms with Gasteiger partial charge in [0, 0.05) is 16.7 Å². The minimum atomic E-state index is -1.07. The number of aliphatic carboxylic acids is 1. The molecule has 0 fully saturated rings. The van der Waals surface area contributed by atoms with E-state index in [1.54, 1.807) is 0 Å². The molecule has 0 aliphatic rings. The van der Waals surface area contributed by atoms with Crippen LogP contribution in [0, 0.1) is 10.1 Å². The summed E-state index contributed by atoms with van der Waals surface area (Å²) in [6.45, 7) is 1.83. The predicted molar refractivity (Wildman–Crippen MR) is 63.4 cm³/mol. The zero-order valence-electron chi connectivity index (χ0n) is 9.22. The van der Waals surface area contributed by atoms with Crippen molar-refractivity contribution in [1.29, 1.82) is 0 Å². The Kier molecular flexibility index (Phi) is 4.45.